The molecule has 0 saturated carbocycles. The number of nitrogens with zero attached hydrogens (tertiary/aromatic N) is 3. The molecule has 0 bridgehead atoms. The zero-order chi connectivity index (χ0) is 20.4. The van der Waals surface area contributed by atoms with E-state index in [1.807, 2.05) is 17.9 Å². The second-order valence-electron chi connectivity index (χ2n) is 7.25. The lowest BCUT2D eigenvalue weighted by atomic mass is 10.2. The molecule has 0 atom stereocenters. The zero-order valence-corrected chi connectivity index (χ0v) is 17.1. The van der Waals surface area contributed by atoms with Crippen molar-refractivity contribution in [2.45, 2.75) is 32.6 Å². The Morgan fingerprint density at radius 2 is 2.03 bits per heavy atom. The Morgan fingerprint density at radius 3 is 2.83 bits per heavy atom. The lowest BCUT2D eigenvalue weighted by Gasteiger charge is -2.20. The smallest absolute Gasteiger partial charge is 0.261 e. The van der Waals surface area contributed by atoms with Crippen LogP contribution in [0.15, 0.2) is 30.3 Å². The standard InChI is InChI=1S/C21H23FN4O2S/c1-14-17-13-18(20(28)23-10-12-25-11-4-2-3-5-19(25)27)29-21(17)26(24-14)16-8-6-15(22)7-9-16/h6-9,13H,2-5,10-12H2,1H3,(H,23,28). The van der Waals surface area contributed by atoms with E-state index in [9.17, 15) is 14.0 Å². The summed E-state index contributed by atoms with van der Waals surface area (Å²) in [5.41, 5.74) is 1.56. The Hall–Kier alpha value is -2.74. The van der Waals surface area contributed by atoms with Gasteiger partial charge in [0.05, 0.1) is 16.3 Å². The van der Waals surface area contributed by atoms with E-state index in [1.54, 1.807) is 16.8 Å². The van der Waals surface area contributed by atoms with Crippen LogP contribution in [0.4, 0.5) is 4.39 Å². The molecule has 0 aliphatic carbocycles. The van der Waals surface area contributed by atoms with Gasteiger partial charge in [0.1, 0.15) is 10.6 Å². The summed E-state index contributed by atoms with van der Waals surface area (Å²) in [6.07, 6.45) is 3.66. The van der Waals surface area contributed by atoms with Crippen LogP contribution in [0.2, 0.25) is 0 Å². The number of nitrogens with one attached hydrogen (secondary N) is 1. The third-order valence-electron chi connectivity index (χ3n) is 5.18. The highest BCUT2D eigenvalue weighted by Crippen LogP contribution is 2.30. The maximum absolute atomic E-state index is 13.2. The molecule has 3 heterocycles. The summed E-state index contributed by atoms with van der Waals surface area (Å²) in [6, 6.07) is 7.96. The number of hydrogen-bond donors (Lipinski definition) is 1. The van der Waals surface area contributed by atoms with Gasteiger partial charge in [0, 0.05) is 31.4 Å². The summed E-state index contributed by atoms with van der Waals surface area (Å²) < 4.78 is 15.0. The first kappa shape index (κ1) is 19.6. The molecule has 0 unspecified atom stereocenters. The summed E-state index contributed by atoms with van der Waals surface area (Å²) in [7, 11) is 0. The van der Waals surface area contributed by atoms with Gasteiger partial charge in [-0.15, -0.1) is 11.3 Å². The van der Waals surface area contributed by atoms with Gasteiger partial charge < -0.3 is 10.2 Å². The van der Waals surface area contributed by atoms with Crippen LogP contribution in [0.3, 0.4) is 0 Å². The van der Waals surface area contributed by atoms with Gasteiger partial charge in [0.25, 0.3) is 5.91 Å². The van der Waals surface area contributed by atoms with Gasteiger partial charge in [-0.3, -0.25) is 9.59 Å². The monoisotopic (exact) mass is 414 g/mol. The quantitative estimate of drug-likeness (QED) is 0.693. The van der Waals surface area contributed by atoms with Crippen molar-refractivity contribution in [2.75, 3.05) is 19.6 Å². The van der Waals surface area contributed by atoms with E-state index >= 15 is 0 Å². The van der Waals surface area contributed by atoms with Crippen LogP contribution >= 0.6 is 11.3 Å². The largest absolute Gasteiger partial charge is 0.350 e. The van der Waals surface area contributed by atoms with E-state index in [1.165, 1.54) is 23.5 Å². The van der Waals surface area contributed by atoms with Gasteiger partial charge in [-0.1, -0.05) is 6.42 Å². The molecule has 1 saturated heterocycles. The van der Waals surface area contributed by atoms with E-state index in [0.29, 0.717) is 24.4 Å². The summed E-state index contributed by atoms with van der Waals surface area (Å²) >= 11 is 1.36. The van der Waals surface area contributed by atoms with Gasteiger partial charge in [-0.2, -0.15) is 5.10 Å². The first-order valence-electron chi connectivity index (χ1n) is 9.84. The molecule has 2 aromatic heterocycles. The number of carbonyl (C=O) groups excluding carboxylic acids is 2. The van der Waals surface area contributed by atoms with E-state index in [4.69, 9.17) is 0 Å². The molecule has 0 radical (unpaired) electrons. The second kappa shape index (κ2) is 8.32. The predicted octanol–water partition coefficient (Wildman–Crippen LogP) is 3.67. The lowest BCUT2D eigenvalue weighted by Crippen LogP contribution is -2.38. The predicted molar refractivity (Wildman–Crippen MR) is 111 cm³/mol. The number of fused-ring (bicyclic) bond motifs is 1. The molecule has 29 heavy (non-hydrogen) atoms. The van der Waals surface area contributed by atoms with E-state index in [-0.39, 0.29) is 17.6 Å². The Labute approximate surface area is 172 Å². The number of rotatable bonds is 5. The minimum Gasteiger partial charge on any atom is -0.350 e. The van der Waals surface area contributed by atoms with Crippen molar-refractivity contribution in [1.82, 2.24) is 20.0 Å². The minimum atomic E-state index is -0.303. The molecule has 1 aliphatic rings. The normalized spacial score (nSPS) is 15.0. The fraction of sp³-hybridized carbons (Fsp3) is 0.381. The SMILES string of the molecule is Cc1nn(-c2ccc(F)cc2)c2sc(C(=O)NCCN3CCCCCC3=O)cc12. The van der Waals surface area contributed by atoms with Crippen LogP contribution in [0, 0.1) is 12.7 Å². The van der Waals surface area contributed by atoms with Crippen molar-refractivity contribution in [3.05, 3.63) is 46.7 Å². The van der Waals surface area contributed by atoms with Crippen molar-refractivity contribution < 1.29 is 14.0 Å². The van der Waals surface area contributed by atoms with Crippen molar-refractivity contribution in [1.29, 1.82) is 0 Å². The van der Waals surface area contributed by atoms with Crippen LogP contribution in [0.5, 0.6) is 0 Å². The van der Waals surface area contributed by atoms with Crippen LogP contribution in [0.25, 0.3) is 15.9 Å². The van der Waals surface area contributed by atoms with Crippen LogP contribution in [0.1, 0.15) is 41.0 Å². The fourth-order valence-electron chi connectivity index (χ4n) is 3.58. The fourth-order valence-corrected chi connectivity index (χ4v) is 4.68. The number of aromatic nitrogens is 2. The van der Waals surface area contributed by atoms with Gasteiger partial charge in [-0.05, 0) is 50.1 Å². The zero-order valence-electron chi connectivity index (χ0n) is 16.3. The highest BCUT2D eigenvalue weighted by atomic mass is 32.1. The topological polar surface area (TPSA) is 67.2 Å². The van der Waals surface area contributed by atoms with E-state index < -0.39 is 0 Å². The molecule has 152 valence electrons. The molecular formula is C21H23FN4O2S. The molecule has 8 heteroatoms. The summed E-state index contributed by atoms with van der Waals surface area (Å²) in [6.45, 7) is 3.63. The molecule has 3 aromatic rings. The van der Waals surface area contributed by atoms with Crippen molar-refractivity contribution >= 4 is 33.4 Å². The number of halogens is 1. The Morgan fingerprint density at radius 1 is 1.24 bits per heavy atom. The third-order valence-corrected chi connectivity index (χ3v) is 6.29. The molecule has 1 aromatic carbocycles. The molecule has 1 fully saturated rings. The van der Waals surface area contributed by atoms with Crippen LogP contribution in [-0.2, 0) is 4.79 Å². The molecule has 1 aliphatic heterocycles. The maximum atomic E-state index is 13.2. The lowest BCUT2D eigenvalue weighted by molar-refractivity contribution is -0.130. The number of aryl methyl sites for hydroxylation is 1. The molecule has 4 rings (SSSR count). The summed E-state index contributed by atoms with van der Waals surface area (Å²) in [4.78, 5) is 28.0. The summed E-state index contributed by atoms with van der Waals surface area (Å²) in [5.74, 6) is -0.282. The van der Waals surface area contributed by atoms with E-state index in [0.717, 1.165) is 47.4 Å². The number of thiophene rings is 1. The summed E-state index contributed by atoms with van der Waals surface area (Å²) in [5, 5.41) is 8.35. The second-order valence-corrected chi connectivity index (χ2v) is 8.28. The Kier molecular flexibility index (Phi) is 5.62. The minimum absolute atomic E-state index is 0.154. The molecular weight excluding hydrogens is 391 g/mol. The Bertz CT molecular complexity index is 1040. The van der Waals surface area contributed by atoms with Gasteiger partial charge in [0.15, 0.2) is 0 Å². The molecule has 6 nitrogen and oxygen atoms in total. The first-order chi connectivity index (χ1) is 14.0. The van der Waals surface area contributed by atoms with Gasteiger partial charge >= 0.3 is 0 Å². The number of hydrogen-bond acceptors (Lipinski definition) is 4. The van der Waals surface area contributed by atoms with Crippen molar-refractivity contribution in [3.63, 3.8) is 0 Å². The number of likely N-dealkylation sites (tertiary alicyclic amines) is 1. The first-order valence-corrected chi connectivity index (χ1v) is 10.7. The highest BCUT2D eigenvalue weighted by Gasteiger charge is 2.19. The average molecular weight is 415 g/mol. The number of amides is 2. The van der Waals surface area contributed by atoms with Gasteiger partial charge in [0.2, 0.25) is 5.91 Å². The van der Waals surface area contributed by atoms with Crippen molar-refractivity contribution in [2.24, 2.45) is 0 Å². The molecule has 2 amide bonds. The van der Waals surface area contributed by atoms with Crippen LogP contribution in [-0.4, -0.2) is 46.1 Å². The third kappa shape index (κ3) is 4.17. The van der Waals surface area contributed by atoms with E-state index in [2.05, 4.69) is 10.4 Å². The maximum Gasteiger partial charge on any atom is 0.261 e. The van der Waals surface area contributed by atoms with Gasteiger partial charge in [-0.25, -0.2) is 9.07 Å². The van der Waals surface area contributed by atoms with Crippen LogP contribution < -0.4 is 5.32 Å². The molecule has 0 spiro atoms. The average Bonchev–Trinajstić information content (AvgIpc) is 3.20. The molecule has 1 N–H and O–H groups in total. The number of benzene rings is 1. The van der Waals surface area contributed by atoms with Crippen molar-refractivity contribution in [3.8, 4) is 5.69 Å². The highest BCUT2D eigenvalue weighted by molar-refractivity contribution is 7.20. The number of carbonyl (C=O) groups is 2. The Balaban J connectivity index is 1.46.